The van der Waals surface area contributed by atoms with Gasteiger partial charge in [-0.25, -0.2) is 4.68 Å². The first-order chi connectivity index (χ1) is 16.9. The number of rotatable bonds is 7. The quantitative estimate of drug-likeness (QED) is 0.464. The van der Waals surface area contributed by atoms with Gasteiger partial charge in [-0.05, 0) is 61.7 Å². The van der Waals surface area contributed by atoms with Crippen molar-refractivity contribution in [3.63, 3.8) is 0 Å². The maximum Gasteiger partial charge on any atom is 0.142 e. The molecule has 174 valence electrons. The van der Waals surface area contributed by atoms with Crippen LogP contribution in [0.2, 0.25) is 0 Å². The number of hydrogen-bond acceptors (Lipinski definition) is 5. The van der Waals surface area contributed by atoms with Crippen LogP contribution in [0.5, 0.6) is 0 Å². The Morgan fingerprint density at radius 3 is 2.65 bits per heavy atom. The second-order valence-electron chi connectivity index (χ2n) is 9.42. The second-order valence-corrected chi connectivity index (χ2v) is 9.42. The van der Waals surface area contributed by atoms with E-state index in [1.54, 1.807) is 0 Å². The van der Waals surface area contributed by atoms with Crippen molar-refractivity contribution in [2.45, 2.75) is 43.8 Å². The zero-order chi connectivity index (χ0) is 22.7. The van der Waals surface area contributed by atoms with Gasteiger partial charge in [-0.15, -0.1) is 10.2 Å². The van der Waals surface area contributed by atoms with Crippen molar-refractivity contribution in [2.24, 2.45) is 0 Å². The zero-order valence-corrected chi connectivity index (χ0v) is 19.4. The highest BCUT2D eigenvalue weighted by Gasteiger charge is 2.40. The molecular weight excluding hydrogens is 422 g/mol. The van der Waals surface area contributed by atoms with Gasteiger partial charge in [-0.3, -0.25) is 4.90 Å². The summed E-state index contributed by atoms with van der Waals surface area (Å²) in [6.45, 7) is 4.13. The third-order valence-electron chi connectivity index (χ3n) is 7.37. The average molecular weight is 454 g/mol. The van der Waals surface area contributed by atoms with Gasteiger partial charge in [-0.2, -0.15) is 5.10 Å². The summed E-state index contributed by atoms with van der Waals surface area (Å²) in [6, 6.07) is 22.4. The maximum absolute atomic E-state index is 4.72. The summed E-state index contributed by atoms with van der Waals surface area (Å²) < 4.78 is 4.15. The number of nitrogens with one attached hydrogen (secondary N) is 1. The van der Waals surface area contributed by atoms with Crippen molar-refractivity contribution in [1.82, 2.24) is 34.8 Å². The summed E-state index contributed by atoms with van der Waals surface area (Å²) in [6.07, 6.45) is 9.32. The molecule has 7 heteroatoms. The fourth-order valence-corrected chi connectivity index (χ4v) is 5.75. The van der Waals surface area contributed by atoms with Crippen LogP contribution < -0.4 is 5.32 Å². The average Bonchev–Trinajstić information content (AvgIpc) is 3.69. The third-order valence-corrected chi connectivity index (χ3v) is 7.37. The fourth-order valence-electron chi connectivity index (χ4n) is 5.75. The van der Waals surface area contributed by atoms with Crippen LogP contribution in [0, 0.1) is 0 Å². The minimum Gasteiger partial charge on any atom is -0.315 e. The van der Waals surface area contributed by atoms with Gasteiger partial charge in [0.2, 0.25) is 0 Å². The molecule has 4 aromatic rings. The standard InChI is InChI=1S/C27H31N7/c1-2-6-21(7-3-1)19-32-20-29-31-27(32)26(25-8-4-16-33(25)24-13-15-28-18-24)22-9-11-23(12-10-22)34-17-5-14-30-34/h1-3,5-7,9-12,14,17,20,24-26,28H,4,8,13,15-16,18-19H2. The van der Waals surface area contributed by atoms with Crippen LogP contribution in [0.25, 0.3) is 5.69 Å². The number of hydrogen-bond donors (Lipinski definition) is 1. The van der Waals surface area contributed by atoms with Gasteiger partial charge in [0.15, 0.2) is 0 Å². The molecule has 2 aromatic heterocycles. The Hall–Kier alpha value is -3.29. The first-order valence-electron chi connectivity index (χ1n) is 12.3. The summed E-state index contributed by atoms with van der Waals surface area (Å²) in [5.74, 6) is 1.22. The predicted octanol–water partition coefficient (Wildman–Crippen LogP) is 3.47. The lowest BCUT2D eigenvalue weighted by Gasteiger charge is -2.35. The van der Waals surface area contributed by atoms with E-state index in [4.69, 9.17) is 5.10 Å². The van der Waals surface area contributed by atoms with Crippen molar-refractivity contribution in [2.75, 3.05) is 19.6 Å². The highest BCUT2D eigenvalue weighted by atomic mass is 15.3. The third kappa shape index (κ3) is 4.17. The van der Waals surface area contributed by atoms with Gasteiger partial charge in [0.05, 0.1) is 18.2 Å². The molecule has 0 spiro atoms. The minimum atomic E-state index is 0.168. The number of aromatic nitrogens is 5. The largest absolute Gasteiger partial charge is 0.315 e. The van der Waals surface area contributed by atoms with E-state index in [1.165, 1.54) is 30.4 Å². The molecule has 6 rings (SSSR count). The normalized spacial score (nSPS) is 21.8. The molecule has 0 saturated carbocycles. The van der Waals surface area contributed by atoms with Gasteiger partial charge in [0.1, 0.15) is 12.2 Å². The SMILES string of the molecule is c1ccc(Cn2cnnc2C(c2ccc(-n3cccn3)cc2)C2CCCN2C2CCNC2)cc1. The highest BCUT2D eigenvalue weighted by molar-refractivity contribution is 5.38. The molecule has 0 amide bonds. The number of benzene rings is 2. The molecule has 34 heavy (non-hydrogen) atoms. The van der Waals surface area contributed by atoms with Crippen molar-refractivity contribution in [3.8, 4) is 5.69 Å². The lowest BCUT2D eigenvalue weighted by molar-refractivity contribution is 0.174. The van der Waals surface area contributed by atoms with E-state index in [-0.39, 0.29) is 5.92 Å². The van der Waals surface area contributed by atoms with Gasteiger partial charge in [0, 0.05) is 31.0 Å². The van der Waals surface area contributed by atoms with E-state index in [0.717, 1.165) is 37.7 Å². The van der Waals surface area contributed by atoms with E-state index >= 15 is 0 Å². The molecule has 0 radical (unpaired) electrons. The van der Waals surface area contributed by atoms with Crippen LogP contribution >= 0.6 is 0 Å². The zero-order valence-electron chi connectivity index (χ0n) is 19.4. The molecule has 2 aliphatic rings. The Morgan fingerprint density at radius 2 is 1.88 bits per heavy atom. The van der Waals surface area contributed by atoms with Crippen LogP contribution in [0.3, 0.4) is 0 Å². The topological polar surface area (TPSA) is 63.8 Å². The van der Waals surface area contributed by atoms with Crippen molar-refractivity contribution < 1.29 is 0 Å². The van der Waals surface area contributed by atoms with Crippen LogP contribution in [0.4, 0.5) is 0 Å². The molecule has 3 atom stereocenters. The van der Waals surface area contributed by atoms with Gasteiger partial charge in [0.25, 0.3) is 0 Å². The lowest BCUT2D eigenvalue weighted by Crippen LogP contribution is -2.44. The van der Waals surface area contributed by atoms with E-state index in [0.29, 0.717) is 12.1 Å². The summed E-state index contributed by atoms with van der Waals surface area (Å²) in [5, 5.41) is 17.1. The van der Waals surface area contributed by atoms with Gasteiger partial charge >= 0.3 is 0 Å². The van der Waals surface area contributed by atoms with E-state index in [9.17, 15) is 0 Å². The number of nitrogens with zero attached hydrogens (tertiary/aromatic N) is 6. The van der Waals surface area contributed by atoms with Crippen LogP contribution in [0.15, 0.2) is 79.4 Å². The molecule has 3 unspecified atom stereocenters. The second kappa shape index (κ2) is 9.52. The van der Waals surface area contributed by atoms with Crippen LogP contribution in [-0.2, 0) is 6.54 Å². The minimum absolute atomic E-state index is 0.168. The highest BCUT2D eigenvalue weighted by Crippen LogP contribution is 2.38. The Bertz CT molecular complexity index is 1180. The summed E-state index contributed by atoms with van der Waals surface area (Å²) in [7, 11) is 0. The molecule has 7 nitrogen and oxygen atoms in total. The molecule has 4 heterocycles. The summed E-state index contributed by atoms with van der Waals surface area (Å²) in [5.41, 5.74) is 3.63. The molecule has 1 N–H and O–H groups in total. The molecule has 0 aliphatic carbocycles. The monoisotopic (exact) mass is 453 g/mol. The first-order valence-corrected chi connectivity index (χ1v) is 12.3. The van der Waals surface area contributed by atoms with Crippen LogP contribution in [0.1, 0.15) is 42.1 Å². The predicted molar refractivity (Wildman–Crippen MR) is 132 cm³/mol. The maximum atomic E-state index is 4.72. The number of likely N-dealkylation sites (tertiary alicyclic amines) is 1. The van der Waals surface area contributed by atoms with E-state index in [1.807, 2.05) is 29.5 Å². The Morgan fingerprint density at radius 1 is 1.00 bits per heavy atom. The van der Waals surface area contributed by atoms with Gasteiger partial charge in [-0.1, -0.05) is 42.5 Å². The molecule has 2 aromatic carbocycles. The molecular formula is C27H31N7. The Balaban J connectivity index is 1.38. The fraction of sp³-hybridized carbons (Fsp3) is 0.370. The van der Waals surface area contributed by atoms with Crippen LogP contribution in [-0.4, -0.2) is 61.2 Å². The Kier molecular flexibility index (Phi) is 5.95. The summed E-state index contributed by atoms with van der Waals surface area (Å²) >= 11 is 0. The molecule has 2 fully saturated rings. The molecule has 0 bridgehead atoms. The van der Waals surface area contributed by atoms with E-state index in [2.05, 4.69) is 79.6 Å². The summed E-state index contributed by atoms with van der Waals surface area (Å²) in [4.78, 5) is 2.74. The first kappa shape index (κ1) is 21.3. The van der Waals surface area contributed by atoms with Crippen molar-refractivity contribution in [1.29, 1.82) is 0 Å². The van der Waals surface area contributed by atoms with Gasteiger partial charge < -0.3 is 9.88 Å². The molecule has 2 aliphatic heterocycles. The van der Waals surface area contributed by atoms with Crippen molar-refractivity contribution >= 4 is 0 Å². The lowest BCUT2D eigenvalue weighted by atomic mass is 9.88. The Labute approximate surface area is 200 Å². The van der Waals surface area contributed by atoms with Crippen molar-refractivity contribution in [3.05, 3.63) is 96.3 Å². The molecule has 2 saturated heterocycles. The smallest absolute Gasteiger partial charge is 0.142 e. The van der Waals surface area contributed by atoms with E-state index < -0.39 is 0 Å².